The number of hydrogen-bond donors (Lipinski definition) is 2. The zero-order valence-electron chi connectivity index (χ0n) is 16.3. The monoisotopic (exact) mass is 362 g/mol. The van der Waals surface area contributed by atoms with Crippen molar-refractivity contribution in [1.82, 2.24) is 9.97 Å². The van der Waals surface area contributed by atoms with Gasteiger partial charge in [0.2, 0.25) is 5.95 Å². The highest BCUT2D eigenvalue weighted by molar-refractivity contribution is 5.59. The lowest BCUT2D eigenvalue weighted by Crippen LogP contribution is -2.10. The number of anilines is 3. The summed E-state index contributed by atoms with van der Waals surface area (Å²) in [5, 5.41) is 6.68. The molecule has 0 atom stereocenters. The van der Waals surface area contributed by atoms with E-state index in [9.17, 15) is 0 Å². The summed E-state index contributed by atoms with van der Waals surface area (Å²) in [5.41, 5.74) is 5.62. The molecule has 0 unspecified atom stereocenters. The fourth-order valence-corrected chi connectivity index (χ4v) is 2.90. The lowest BCUT2D eigenvalue weighted by atomic mass is 10.1. The summed E-state index contributed by atoms with van der Waals surface area (Å²) >= 11 is 0. The average Bonchev–Trinajstić information content (AvgIpc) is 2.65. The molecule has 2 N–H and O–H groups in total. The molecule has 140 valence electrons. The maximum atomic E-state index is 5.40. The van der Waals surface area contributed by atoms with Gasteiger partial charge < -0.3 is 15.4 Å². The first-order valence-corrected chi connectivity index (χ1v) is 9.11. The second kappa shape index (κ2) is 8.54. The second-order valence-corrected chi connectivity index (χ2v) is 6.63. The molecule has 5 nitrogen and oxygen atoms in total. The number of methoxy groups -OCH3 is 1. The third-order valence-electron chi connectivity index (χ3n) is 4.50. The van der Waals surface area contributed by atoms with Crippen LogP contribution in [0.5, 0.6) is 5.75 Å². The molecule has 0 spiro atoms. The molecule has 0 aliphatic rings. The van der Waals surface area contributed by atoms with Gasteiger partial charge in [-0.15, -0.1) is 0 Å². The minimum Gasteiger partial charge on any atom is -0.496 e. The molecule has 0 radical (unpaired) electrons. The third kappa shape index (κ3) is 4.97. The highest BCUT2D eigenvalue weighted by Crippen LogP contribution is 2.20. The van der Waals surface area contributed by atoms with Gasteiger partial charge in [0.05, 0.1) is 7.11 Å². The fraction of sp³-hybridized carbons (Fsp3) is 0.273. The first-order chi connectivity index (χ1) is 13.0. The molecule has 5 heteroatoms. The van der Waals surface area contributed by atoms with Crippen LogP contribution in [0.3, 0.4) is 0 Å². The molecule has 0 aliphatic heterocycles. The van der Waals surface area contributed by atoms with E-state index in [4.69, 9.17) is 4.74 Å². The first kappa shape index (κ1) is 18.7. The molecule has 0 saturated carbocycles. The summed E-state index contributed by atoms with van der Waals surface area (Å²) < 4.78 is 5.40. The SMILES string of the molecule is COc1ccccc1CCNc1nc(C)cc(Nc2ccc(C)c(C)c2)n1. The Morgan fingerprint density at radius 3 is 2.52 bits per heavy atom. The lowest BCUT2D eigenvalue weighted by molar-refractivity contribution is 0.410. The molecule has 0 saturated heterocycles. The van der Waals surface area contributed by atoms with Crippen molar-refractivity contribution >= 4 is 17.5 Å². The summed E-state index contributed by atoms with van der Waals surface area (Å²) in [4.78, 5) is 9.08. The number of benzene rings is 2. The van der Waals surface area contributed by atoms with Crippen molar-refractivity contribution in [1.29, 1.82) is 0 Å². The zero-order valence-corrected chi connectivity index (χ0v) is 16.3. The smallest absolute Gasteiger partial charge is 0.224 e. The van der Waals surface area contributed by atoms with Gasteiger partial charge in [0.25, 0.3) is 0 Å². The van der Waals surface area contributed by atoms with Gasteiger partial charge in [0.15, 0.2) is 0 Å². The van der Waals surface area contributed by atoms with Crippen LogP contribution in [0.2, 0.25) is 0 Å². The summed E-state index contributed by atoms with van der Waals surface area (Å²) in [5.74, 6) is 2.31. The Morgan fingerprint density at radius 2 is 1.74 bits per heavy atom. The van der Waals surface area contributed by atoms with Gasteiger partial charge in [-0.05, 0) is 62.1 Å². The predicted octanol–water partition coefficient (Wildman–Crippen LogP) is 4.81. The van der Waals surface area contributed by atoms with Crippen molar-refractivity contribution in [2.45, 2.75) is 27.2 Å². The van der Waals surface area contributed by atoms with E-state index in [0.29, 0.717) is 5.95 Å². The van der Waals surface area contributed by atoms with Crippen molar-refractivity contribution in [3.05, 3.63) is 70.9 Å². The van der Waals surface area contributed by atoms with Crippen LogP contribution in [0, 0.1) is 20.8 Å². The fourth-order valence-electron chi connectivity index (χ4n) is 2.90. The molecule has 0 bridgehead atoms. The largest absolute Gasteiger partial charge is 0.496 e. The van der Waals surface area contributed by atoms with Crippen LogP contribution < -0.4 is 15.4 Å². The number of nitrogens with zero attached hydrogens (tertiary/aromatic N) is 2. The molecule has 0 amide bonds. The minimum absolute atomic E-state index is 0.622. The van der Waals surface area contributed by atoms with Gasteiger partial charge >= 0.3 is 0 Å². The van der Waals surface area contributed by atoms with Crippen LogP contribution in [0.25, 0.3) is 0 Å². The highest BCUT2D eigenvalue weighted by Gasteiger charge is 2.05. The first-order valence-electron chi connectivity index (χ1n) is 9.11. The van der Waals surface area contributed by atoms with Gasteiger partial charge in [-0.2, -0.15) is 4.98 Å². The van der Waals surface area contributed by atoms with E-state index in [0.717, 1.165) is 41.5 Å². The molecule has 1 heterocycles. The maximum absolute atomic E-state index is 5.40. The normalized spacial score (nSPS) is 10.5. The van der Waals surface area contributed by atoms with Gasteiger partial charge in [0.1, 0.15) is 11.6 Å². The van der Waals surface area contributed by atoms with Crippen LogP contribution in [0.15, 0.2) is 48.5 Å². The van der Waals surface area contributed by atoms with Gasteiger partial charge in [0, 0.05) is 24.0 Å². The third-order valence-corrected chi connectivity index (χ3v) is 4.50. The van der Waals surface area contributed by atoms with Crippen molar-refractivity contribution in [2.75, 3.05) is 24.3 Å². The predicted molar refractivity (Wildman–Crippen MR) is 111 cm³/mol. The van der Waals surface area contributed by atoms with E-state index < -0.39 is 0 Å². The van der Waals surface area contributed by atoms with E-state index in [1.807, 2.05) is 31.2 Å². The van der Waals surface area contributed by atoms with Gasteiger partial charge in [-0.1, -0.05) is 24.3 Å². The summed E-state index contributed by atoms with van der Waals surface area (Å²) in [6.07, 6.45) is 0.835. The van der Waals surface area contributed by atoms with Crippen molar-refractivity contribution < 1.29 is 4.74 Å². The van der Waals surface area contributed by atoms with Gasteiger partial charge in [-0.25, -0.2) is 4.98 Å². The molecule has 27 heavy (non-hydrogen) atoms. The van der Waals surface area contributed by atoms with Crippen molar-refractivity contribution in [3.63, 3.8) is 0 Å². The summed E-state index contributed by atoms with van der Waals surface area (Å²) in [6.45, 7) is 6.92. The van der Waals surface area contributed by atoms with Crippen molar-refractivity contribution in [3.8, 4) is 5.75 Å². The Balaban J connectivity index is 1.67. The topological polar surface area (TPSA) is 59.1 Å². The zero-order chi connectivity index (χ0) is 19.2. The van der Waals surface area contributed by atoms with E-state index in [1.165, 1.54) is 11.1 Å². The highest BCUT2D eigenvalue weighted by atomic mass is 16.5. The number of aromatic nitrogens is 2. The number of hydrogen-bond acceptors (Lipinski definition) is 5. The minimum atomic E-state index is 0.622. The van der Waals surface area contributed by atoms with E-state index >= 15 is 0 Å². The van der Waals surface area contributed by atoms with Gasteiger partial charge in [-0.3, -0.25) is 0 Å². The Hall–Kier alpha value is -3.08. The molecular formula is C22H26N4O. The quantitative estimate of drug-likeness (QED) is 0.632. The Morgan fingerprint density at radius 1 is 0.926 bits per heavy atom. The average molecular weight is 362 g/mol. The Labute approximate surface area is 160 Å². The van der Waals surface area contributed by atoms with Crippen LogP contribution in [0.4, 0.5) is 17.5 Å². The van der Waals surface area contributed by atoms with E-state index in [1.54, 1.807) is 7.11 Å². The Bertz CT molecular complexity index is 924. The number of nitrogens with one attached hydrogen (secondary N) is 2. The molecule has 0 aliphatic carbocycles. The van der Waals surface area contributed by atoms with Crippen LogP contribution in [-0.4, -0.2) is 23.6 Å². The Kier molecular flexibility index (Phi) is 5.91. The molecule has 3 rings (SSSR count). The molecule has 1 aromatic heterocycles. The number of aryl methyl sites for hydroxylation is 3. The van der Waals surface area contributed by atoms with Crippen LogP contribution in [0.1, 0.15) is 22.4 Å². The molecule has 3 aromatic rings. The molecule has 0 fully saturated rings. The number of para-hydroxylation sites is 1. The number of rotatable bonds is 7. The molecule has 2 aromatic carbocycles. The second-order valence-electron chi connectivity index (χ2n) is 6.63. The number of ether oxygens (including phenoxy) is 1. The maximum Gasteiger partial charge on any atom is 0.224 e. The standard InChI is InChI=1S/C22H26N4O/c1-15-9-10-19(13-16(15)2)25-21-14-17(3)24-22(26-21)23-12-11-18-7-5-6-8-20(18)27-4/h5-10,13-14H,11-12H2,1-4H3,(H2,23,24,25,26). The van der Waals surface area contributed by atoms with Crippen LogP contribution in [-0.2, 0) is 6.42 Å². The molecular weight excluding hydrogens is 336 g/mol. The van der Waals surface area contributed by atoms with Crippen LogP contribution >= 0.6 is 0 Å². The summed E-state index contributed by atoms with van der Waals surface area (Å²) in [7, 11) is 1.70. The van der Waals surface area contributed by atoms with E-state index in [-0.39, 0.29) is 0 Å². The van der Waals surface area contributed by atoms with Crippen molar-refractivity contribution in [2.24, 2.45) is 0 Å². The summed E-state index contributed by atoms with van der Waals surface area (Å²) in [6, 6.07) is 16.3. The van der Waals surface area contributed by atoms with E-state index in [2.05, 4.69) is 58.7 Å². The lowest BCUT2D eigenvalue weighted by Gasteiger charge is -2.12.